The molecule has 0 fully saturated rings. The average molecular weight is 384 g/mol. The molecule has 2 aromatic rings. The van der Waals surface area contributed by atoms with Gasteiger partial charge in [-0.3, -0.25) is 19.7 Å². The van der Waals surface area contributed by atoms with Gasteiger partial charge in [0.2, 0.25) is 0 Å². The van der Waals surface area contributed by atoms with E-state index in [0.717, 1.165) is 11.6 Å². The number of rotatable bonds is 7. The van der Waals surface area contributed by atoms with E-state index < -0.39 is 16.6 Å². The number of nitrogens with zero attached hydrogens (tertiary/aromatic N) is 2. The summed E-state index contributed by atoms with van der Waals surface area (Å²) >= 11 is 0. The summed E-state index contributed by atoms with van der Waals surface area (Å²) in [5.74, 6) is -0.338. The third kappa shape index (κ3) is 5.16. The van der Waals surface area contributed by atoms with Crippen molar-refractivity contribution in [3.63, 3.8) is 0 Å². The Balaban J connectivity index is 2.26. The zero-order chi connectivity index (χ0) is 20.9. The summed E-state index contributed by atoms with van der Waals surface area (Å²) in [6.45, 7) is 7.71. The number of ether oxygens (including phenoxy) is 1. The van der Waals surface area contributed by atoms with Gasteiger partial charge in [0.1, 0.15) is 6.29 Å². The van der Waals surface area contributed by atoms with E-state index in [0.29, 0.717) is 12.8 Å². The Morgan fingerprint density at radius 1 is 1.21 bits per heavy atom. The summed E-state index contributed by atoms with van der Waals surface area (Å²) in [7, 11) is 0. The van der Waals surface area contributed by atoms with Crippen molar-refractivity contribution in [2.75, 3.05) is 0 Å². The van der Waals surface area contributed by atoms with Gasteiger partial charge < -0.3 is 9.64 Å². The lowest BCUT2D eigenvalue weighted by Crippen LogP contribution is -2.50. The summed E-state index contributed by atoms with van der Waals surface area (Å²) < 4.78 is 5.63. The van der Waals surface area contributed by atoms with Crippen LogP contribution in [-0.2, 0) is 11.3 Å². The van der Waals surface area contributed by atoms with Crippen molar-refractivity contribution in [2.45, 2.75) is 45.9 Å². The molecule has 0 spiro atoms. The Morgan fingerprint density at radius 3 is 2.39 bits per heavy atom. The van der Waals surface area contributed by atoms with Gasteiger partial charge in [-0.25, -0.2) is 0 Å². The van der Waals surface area contributed by atoms with Crippen LogP contribution in [0.5, 0.6) is 5.75 Å². The molecule has 0 aliphatic heterocycles. The predicted molar refractivity (Wildman–Crippen MR) is 105 cm³/mol. The summed E-state index contributed by atoms with van der Waals surface area (Å²) in [6.07, 6.45) is -0.421. The van der Waals surface area contributed by atoms with Crippen LogP contribution in [0.1, 0.15) is 43.6 Å². The fraction of sp³-hybridized carbons (Fsp3) is 0.333. The molecule has 0 aliphatic rings. The molecule has 7 heteroatoms. The van der Waals surface area contributed by atoms with Crippen LogP contribution in [0, 0.1) is 10.1 Å². The highest BCUT2D eigenvalue weighted by Gasteiger charge is 2.32. The van der Waals surface area contributed by atoms with E-state index in [2.05, 4.69) is 0 Å². The number of benzene rings is 2. The monoisotopic (exact) mass is 384 g/mol. The minimum absolute atomic E-state index is 0.0509. The average Bonchev–Trinajstić information content (AvgIpc) is 2.65. The van der Waals surface area contributed by atoms with Crippen LogP contribution in [0.25, 0.3) is 0 Å². The van der Waals surface area contributed by atoms with E-state index in [4.69, 9.17) is 4.74 Å². The van der Waals surface area contributed by atoms with Crippen molar-refractivity contribution in [3.8, 4) is 5.75 Å². The van der Waals surface area contributed by atoms with Crippen molar-refractivity contribution < 1.29 is 19.2 Å². The van der Waals surface area contributed by atoms with E-state index in [1.54, 1.807) is 11.8 Å². The molecule has 1 amide bonds. The summed E-state index contributed by atoms with van der Waals surface area (Å²) in [5, 5.41) is 11.3. The topological polar surface area (TPSA) is 89.7 Å². The van der Waals surface area contributed by atoms with Gasteiger partial charge in [0.25, 0.3) is 5.91 Å². The number of carbonyl (C=O) groups is 2. The van der Waals surface area contributed by atoms with Crippen LogP contribution in [0.4, 0.5) is 5.69 Å². The summed E-state index contributed by atoms with van der Waals surface area (Å²) in [6, 6.07) is 13.5. The number of nitro groups is 1. The van der Waals surface area contributed by atoms with Crippen molar-refractivity contribution in [3.05, 3.63) is 69.8 Å². The second-order valence-corrected chi connectivity index (χ2v) is 7.44. The Kier molecular flexibility index (Phi) is 6.51. The fourth-order valence-electron chi connectivity index (χ4n) is 2.72. The van der Waals surface area contributed by atoms with Gasteiger partial charge in [0.05, 0.1) is 4.92 Å². The SMILES string of the molecule is C[C@@H](Oc1ccc(C=O)cc1[N+](=O)[O-])C(=O)N(Cc1ccccc1)C(C)(C)C. The van der Waals surface area contributed by atoms with Crippen molar-refractivity contribution in [1.29, 1.82) is 0 Å². The minimum Gasteiger partial charge on any atom is -0.474 e. The second-order valence-electron chi connectivity index (χ2n) is 7.44. The number of aldehydes is 1. The molecule has 0 bridgehead atoms. The second kappa shape index (κ2) is 8.65. The molecule has 148 valence electrons. The van der Waals surface area contributed by atoms with E-state index in [9.17, 15) is 19.7 Å². The lowest BCUT2D eigenvalue weighted by atomic mass is 10.0. The Hall–Kier alpha value is -3.22. The zero-order valence-corrected chi connectivity index (χ0v) is 16.4. The van der Waals surface area contributed by atoms with E-state index >= 15 is 0 Å². The number of hydrogen-bond acceptors (Lipinski definition) is 5. The van der Waals surface area contributed by atoms with Gasteiger partial charge in [-0.15, -0.1) is 0 Å². The summed E-state index contributed by atoms with van der Waals surface area (Å²) in [4.78, 5) is 36.3. The molecule has 0 heterocycles. The third-order valence-electron chi connectivity index (χ3n) is 4.23. The Bertz CT molecular complexity index is 859. The smallest absolute Gasteiger partial charge is 0.311 e. The largest absolute Gasteiger partial charge is 0.474 e. The molecule has 0 unspecified atom stereocenters. The van der Waals surface area contributed by atoms with Crippen LogP contribution < -0.4 is 4.74 Å². The first-order valence-corrected chi connectivity index (χ1v) is 8.89. The quantitative estimate of drug-likeness (QED) is 0.409. The van der Waals surface area contributed by atoms with Crippen LogP contribution in [0.2, 0.25) is 0 Å². The standard InChI is InChI=1S/C21H24N2O5/c1-15(28-19-11-10-17(14-24)12-18(19)23(26)27)20(25)22(21(2,3)4)13-16-8-6-5-7-9-16/h5-12,14-15H,13H2,1-4H3/t15-/m1/s1. The highest BCUT2D eigenvalue weighted by molar-refractivity contribution is 5.82. The molecule has 2 aromatic carbocycles. The van der Waals surface area contributed by atoms with Crippen LogP contribution in [-0.4, -0.2) is 33.7 Å². The molecule has 0 radical (unpaired) electrons. The summed E-state index contributed by atoms with van der Waals surface area (Å²) in [5.41, 5.74) is 0.310. The lowest BCUT2D eigenvalue weighted by molar-refractivity contribution is -0.386. The molecule has 0 saturated heterocycles. The van der Waals surface area contributed by atoms with Gasteiger partial charge in [-0.1, -0.05) is 30.3 Å². The number of amides is 1. The maximum Gasteiger partial charge on any atom is 0.311 e. The normalized spacial score (nSPS) is 12.1. The first-order chi connectivity index (χ1) is 13.1. The van der Waals surface area contributed by atoms with Gasteiger partial charge >= 0.3 is 5.69 Å². The third-order valence-corrected chi connectivity index (χ3v) is 4.23. The van der Waals surface area contributed by atoms with Crippen molar-refractivity contribution in [2.24, 2.45) is 0 Å². The minimum atomic E-state index is -0.941. The molecule has 7 nitrogen and oxygen atoms in total. The first-order valence-electron chi connectivity index (χ1n) is 8.89. The molecule has 0 aliphatic carbocycles. The van der Waals surface area contributed by atoms with Gasteiger partial charge in [0, 0.05) is 23.7 Å². The van der Waals surface area contributed by atoms with Gasteiger partial charge in [-0.2, -0.15) is 0 Å². The molecular formula is C21H24N2O5. The van der Waals surface area contributed by atoms with E-state index in [1.165, 1.54) is 12.1 Å². The fourth-order valence-corrected chi connectivity index (χ4v) is 2.72. The van der Waals surface area contributed by atoms with Gasteiger partial charge in [0.15, 0.2) is 11.9 Å². The lowest BCUT2D eigenvalue weighted by Gasteiger charge is -2.37. The van der Waals surface area contributed by atoms with Crippen LogP contribution in [0.3, 0.4) is 0 Å². The highest BCUT2D eigenvalue weighted by Crippen LogP contribution is 2.29. The molecule has 0 aromatic heterocycles. The van der Waals surface area contributed by atoms with Crippen molar-refractivity contribution in [1.82, 2.24) is 4.90 Å². The molecule has 0 saturated carbocycles. The maximum absolute atomic E-state index is 13.1. The van der Waals surface area contributed by atoms with Crippen LogP contribution >= 0.6 is 0 Å². The molecular weight excluding hydrogens is 360 g/mol. The maximum atomic E-state index is 13.1. The van der Waals surface area contributed by atoms with E-state index in [-0.39, 0.29) is 22.9 Å². The molecule has 2 rings (SSSR count). The Labute approximate surface area is 164 Å². The van der Waals surface area contributed by atoms with Crippen molar-refractivity contribution >= 4 is 17.9 Å². The molecule has 0 N–H and O–H groups in total. The molecule has 1 atom stereocenters. The zero-order valence-electron chi connectivity index (χ0n) is 16.4. The Morgan fingerprint density at radius 2 is 1.86 bits per heavy atom. The predicted octanol–water partition coefficient (Wildman–Crippen LogP) is 4.00. The number of carbonyl (C=O) groups excluding carboxylic acids is 2. The van der Waals surface area contributed by atoms with Gasteiger partial charge in [-0.05, 0) is 45.4 Å². The van der Waals surface area contributed by atoms with Crippen LogP contribution in [0.15, 0.2) is 48.5 Å². The number of hydrogen-bond donors (Lipinski definition) is 0. The highest BCUT2D eigenvalue weighted by atomic mass is 16.6. The molecule has 28 heavy (non-hydrogen) atoms. The first kappa shape index (κ1) is 21.1. The number of nitro benzene ring substituents is 1. The van der Waals surface area contributed by atoms with E-state index in [1.807, 2.05) is 51.1 Å².